The number of halogens is 1. The molecule has 5 nitrogen and oxygen atoms in total. The van der Waals surface area contributed by atoms with Crippen molar-refractivity contribution in [3.05, 3.63) is 16.5 Å². The minimum absolute atomic E-state index is 0.0318. The molecular formula is C15H21ClN2O3S2. The molecule has 0 saturated carbocycles. The Labute approximate surface area is 146 Å². The number of carbonyl (C=O) groups excluding carboxylic acids is 1. The van der Waals surface area contributed by atoms with E-state index >= 15 is 0 Å². The van der Waals surface area contributed by atoms with Gasteiger partial charge in [-0.3, -0.25) is 4.79 Å². The van der Waals surface area contributed by atoms with E-state index in [2.05, 4.69) is 0 Å². The van der Waals surface area contributed by atoms with Gasteiger partial charge in [0.25, 0.3) is 10.0 Å². The van der Waals surface area contributed by atoms with Gasteiger partial charge in [0.1, 0.15) is 10.3 Å². The average Bonchev–Trinajstić information content (AvgIpc) is 3.02. The molecule has 0 aromatic carbocycles. The van der Waals surface area contributed by atoms with Gasteiger partial charge in [-0.15, -0.1) is 11.3 Å². The molecule has 1 amide bonds. The van der Waals surface area contributed by atoms with Gasteiger partial charge in [0.05, 0.1) is 4.34 Å². The number of carbonyl (C=O) groups is 1. The van der Waals surface area contributed by atoms with Crippen LogP contribution in [-0.2, 0) is 14.8 Å². The maximum absolute atomic E-state index is 12.9. The largest absolute Gasteiger partial charge is 0.341 e. The third-order valence-corrected chi connectivity index (χ3v) is 8.12. The van der Waals surface area contributed by atoms with Gasteiger partial charge in [-0.25, -0.2) is 8.42 Å². The van der Waals surface area contributed by atoms with E-state index in [1.165, 1.54) is 10.4 Å². The van der Waals surface area contributed by atoms with Crippen molar-refractivity contribution in [2.24, 2.45) is 0 Å². The highest BCUT2D eigenvalue weighted by Crippen LogP contribution is 2.32. The van der Waals surface area contributed by atoms with Crippen molar-refractivity contribution < 1.29 is 13.2 Å². The van der Waals surface area contributed by atoms with Gasteiger partial charge in [-0.1, -0.05) is 18.0 Å². The fourth-order valence-corrected chi connectivity index (χ4v) is 6.58. The van der Waals surface area contributed by atoms with Gasteiger partial charge in [0.2, 0.25) is 5.91 Å². The van der Waals surface area contributed by atoms with Gasteiger partial charge >= 0.3 is 0 Å². The number of hydrogen-bond donors (Lipinski definition) is 0. The number of sulfonamides is 1. The highest BCUT2D eigenvalue weighted by molar-refractivity contribution is 7.91. The summed E-state index contributed by atoms with van der Waals surface area (Å²) in [6, 6.07) is 2.55. The van der Waals surface area contributed by atoms with Crippen LogP contribution in [0.4, 0.5) is 0 Å². The number of thiophene rings is 1. The molecule has 3 heterocycles. The van der Waals surface area contributed by atoms with Gasteiger partial charge in [-0.05, 0) is 44.2 Å². The second kappa shape index (κ2) is 7.09. The second-order valence-electron chi connectivity index (χ2n) is 6.07. The van der Waals surface area contributed by atoms with Crippen LogP contribution < -0.4 is 0 Å². The van der Waals surface area contributed by atoms with Crippen molar-refractivity contribution in [3.8, 4) is 0 Å². The van der Waals surface area contributed by atoms with Crippen molar-refractivity contribution in [1.29, 1.82) is 0 Å². The Morgan fingerprint density at radius 1 is 1.09 bits per heavy atom. The number of amides is 1. The first kappa shape index (κ1) is 17.2. The average molecular weight is 377 g/mol. The molecule has 0 N–H and O–H groups in total. The fourth-order valence-electron chi connectivity index (χ4n) is 3.32. The van der Waals surface area contributed by atoms with Crippen LogP contribution in [0.3, 0.4) is 0 Å². The molecule has 1 aromatic rings. The molecule has 0 spiro atoms. The SMILES string of the molecule is O=C([C@H]1CCCCN1S(=O)(=O)c1ccc(Cl)s1)N1CCCCC1. The molecule has 0 bridgehead atoms. The van der Waals surface area contributed by atoms with E-state index in [0.717, 1.165) is 56.5 Å². The maximum atomic E-state index is 12.9. The topological polar surface area (TPSA) is 57.7 Å². The van der Waals surface area contributed by atoms with Crippen molar-refractivity contribution in [2.75, 3.05) is 19.6 Å². The Hall–Kier alpha value is -0.630. The fraction of sp³-hybridized carbons (Fsp3) is 0.667. The molecule has 0 aliphatic carbocycles. The highest BCUT2D eigenvalue weighted by Gasteiger charge is 2.40. The van der Waals surface area contributed by atoms with E-state index in [0.29, 0.717) is 17.3 Å². The number of piperidine rings is 2. The molecule has 2 aliphatic rings. The maximum Gasteiger partial charge on any atom is 0.253 e. The molecule has 2 saturated heterocycles. The van der Waals surface area contributed by atoms with Crippen molar-refractivity contribution in [2.45, 2.75) is 48.8 Å². The van der Waals surface area contributed by atoms with Crippen LogP contribution in [0, 0.1) is 0 Å². The third kappa shape index (κ3) is 3.57. The van der Waals surface area contributed by atoms with Crippen LogP contribution >= 0.6 is 22.9 Å². The lowest BCUT2D eigenvalue weighted by Gasteiger charge is -2.37. The molecule has 0 unspecified atom stereocenters. The lowest BCUT2D eigenvalue weighted by Crippen LogP contribution is -2.53. The van der Waals surface area contributed by atoms with Crippen molar-refractivity contribution >= 4 is 38.9 Å². The highest BCUT2D eigenvalue weighted by atomic mass is 35.5. The monoisotopic (exact) mass is 376 g/mol. The summed E-state index contributed by atoms with van der Waals surface area (Å²) in [7, 11) is -3.65. The van der Waals surface area contributed by atoms with Crippen LogP contribution in [-0.4, -0.2) is 49.2 Å². The van der Waals surface area contributed by atoms with Crippen LogP contribution in [0.1, 0.15) is 38.5 Å². The third-order valence-electron chi connectivity index (χ3n) is 4.52. The zero-order valence-corrected chi connectivity index (χ0v) is 15.3. The van der Waals surface area contributed by atoms with Crippen LogP contribution in [0.5, 0.6) is 0 Å². The number of hydrogen-bond acceptors (Lipinski definition) is 4. The number of likely N-dealkylation sites (tertiary alicyclic amines) is 1. The van der Waals surface area contributed by atoms with E-state index in [1.807, 2.05) is 4.90 Å². The number of rotatable bonds is 3. The molecule has 23 heavy (non-hydrogen) atoms. The molecule has 8 heteroatoms. The van der Waals surface area contributed by atoms with E-state index in [1.54, 1.807) is 6.07 Å². The first-order valence-corrected chi connectivity index (χ1v) is 10.7. The quantitative estimate of drug-likeness (QED) is 0.814. The van der Waals surface area contributed by atoms with Crippen molar-refractivity contribution in [3.63, 3.8) is 0 Å². The van der Waals surface area contributed by atoms with Gasteiger partial charge < -0.3 is 4.90 Å². The minimum atomic E-state index is -3.65. The van der Waals surface area contributed by atoms with Gasteiger partial charge in [-0.2, -0.15) is 4.31 Å². The lowest BCUT2D eigenvalue weighted by molar-refractivity contribution is -0.137. The van der Waals surface area contributed by atoms with E-state index in [9.17, 15) is 13.2 Å². The Balaban J connectivity index is 1.85. The zero-order valence-electron chi connectivity index (χ0n) is 12.9. The normalized spacial score (nSPS) is 23.9. The summed E-state index contributed by atoms with van der Waals surface area (Å²) < 4.78 is 27.9. The zero-order chi connectivity index (χ0) is 16.4. The Morgan fingerprint density at radius 3 is 2.43 bits per heavy atom. The predicted octanol–water partition coefficient (Wildman–Crippen LogP) is 2.96. The van der Waals surface area contributed by atoms with Crippen LogP contribution in [0.2, 0.25) is 4.34 Å². The molecule has 1 atom stereocenters. The first-order valence-electron chi connectivity index (χ1n) is 8.06. The summed E-state index contributed by atoms with van der Waals surface area (Å²) in [4.78, 5) is 14.7. The second-order valence-corrected chi connectivity index (χ2v) is 9.90. The van der Waals surface area contributed by atoms with E-state index < -0.39 is 16.1 Å². The summed E-state index contributed by atoms with van der Waals surface area (Å²) in [5, 5.41) is 0. The molecule has 2 aliphatic heterocycles. The minimum Gasteiger partial charge on any atom is -0.341 e. The molecule has 128 valence electrons. The van der Waals surface area contributed by atoms with Crippen LogP contribution in [0.15, 0.2) is 16.3 Å². The van der Waals surface area contributed by atoms with Crippen LogP contribution in [0.25, 0.3) is 0 Å². The Bertz CT molecular complexity index is 668. The summed E-state index contributed by atoms with van der Waals surface area (Å²) in [5.74, 6) is -0.0318. The van der Waals surface area contributed by atoms with E-state index in [-0.39, 0.29) is 10.1 Å². The molecule has 2 fully saturated rings. The van der Waals surface area contributed by atoms with Gasteiger partial charge in [0, 0.05) is 19.6 Å². The summed E-state index contributed by atoms with van der Waals surface area (Å²) >= 11 is 6.94. The first-order chi connectivity index (χ1) is 11.0. The molecule has 3 rings (SSSR count). The summed E-state index contributed by atoms with van der Waals surface area (Å²) in [5.41, 5.74) is 0. The molecule has 1 aromatic heterocycles. The number of nitrogens with zero attached hydrogens (tertiary/aromatic N) is 2. The van der Waals surface area contributed by atoms with E-state index in [4.69, 9.17) is 11.6 Å². The molecular weight excluding hydrogens is 356 g/mol. The smallest absolute Gasteiger partial charge is 0.253 e. The predicted molar refractivity (Wildman–Crippen MR) is 91.3 cm³/mol. The standard InChI is InChI=1S/C15H21ClN2O3S2/c16-13-7-8-14(22-13)23(20,21)18-11-5-2-6-12(18)15(19)17-9-3-1-4-10-17/h7-8,12H,1-6,9-11H2/t12-/m1/s1. The summed E-state index contributed by atoms with van der Waals surface area (Å²) in [6.45, 7) is 1.89. The Morgan fingerprint density at radius 2 is 1.78 bits per heavy atom. The molecule has 0 radical (unpaired) electrons. The lowest BCUT2D eigenvalue weighted by atomic mass is 10.0. The van der Waals surface area contributed by atoms with Crippen molar-refractivity contribution in [1.82, 2.24) is 9.21 Å². The summed E-state index contributed by atoms with van der Waals surface area (Å²) in [6.07, 6.45) is 5.44. The Kier molecular flexibility index (Phi) is 5.30. The van der Waals surface area contributed by atoms with Gasteiger partial charge in [0.15, 0.2) is 0 Å².